The molecule has 8 aliphatic heterocycles. The Kier molecular flexibility index (Phi) is 48.0. The molecular weight excluding hydrogens is 1900 g/mol. The topological polar surface area (TPSA) is 344 Å². The number of hydrogen-bond donors (Lipinski definition) is 7. The molecule has 0 radical (unpaired) electrons. The van der Waals surface area contributed by atoms with Gasteiger partial charge in [-0.25, -0.2) is 9.97 Å². The molecule has 9 aliphatic rings. The van der Waals surface area contributed by atoms with E-state index in [4.69, 9.17) is 0 Å². The zero-order chi connectivity index (χ0) is 115. The molecule has 9 unspecified atom stereocenters. The summed E-state index contributed by atoms with van der Waals surface area (Å²) in [6.07, 6.45) is 9.40. The van der Waals surface area contributed by atoms with Crippen molar-refractivity contribution in [3.63, 3.8) is 0 Å². The summed E-state index contributed by atoms with van der Waals surface area (Å²) in [4.78, 5) is 147. The predicted molar refractivity (Wildman–Crippen MR) is 601 cm³/mol. The fraction of sp³-hybridized carbons (Fsp3) is 0.709. The largest absolute Gasteiger partial charge is 0.502 e. The third kappa shape index (κ3) is 48.6. The summed E-state index contributed by atoms with van der Waals surface area (Å²) in [6, 6.07) is 9.78. The normalized spacial score (nSPS) is 23.8. The number of amides is 8. The van der Waals surface area contributed by atoms with Crippen molar-refractivity contribution < 1.29 is 65.6 Å². The van der Waals surface area contributed by atoms with E-state index < -0.39 is 50.4 Å². The predicted octanol–water partition coefficient (Wildman–Crippen LogP) is 24.1. The molecule has 10 heterocycles. The Hall–Kier alpha value is -8.77. The van der Waals surface area contributed by atoms with Crippen LogP contribution in [0.3, 0.4) is 0 Å². The minimum atomic E-state index is -4.54. The lowest BCUT2D eigenvalue weighted by molar-refractivity contribution is -0.167. The van der Waals surface area contributed by atoms with Gasteiger partial charge in [-0.05, 0) is 195 Å². The molecule has 9 atom stereocenters. The van der Waals surface area contributed by atoms with Crippen LogP contribution in [0, 0.1) is 104 Å². The molecule has 30 heteroatoms. The molecule has 12 rings (SSSR count). The van der Waals surface area contributed by atoms with Gasteiger partial charge in [-0.1, -0.05) is 298 Å². The number of allylic oxidation sites excluding steroid dienone is 3. The summed E-state index contributed by atoms with van der Waals surface area (Å²) in [5.41, 5.74) is 5.72. The number of carbonyl (C=O) groups is 9. The van der Waals surface area contributed by atoms with Crippen molar-refractivity contribution in [2.45, 2.75) is 407 Å². The number of para-hydroxylation sites is 1. The van der Waals surface area contributed by atoms with E-state index in [1.807, 2.05) is 92.6 Å². The minimum absolute atomic E-state index is 0.0302. The highest BCUT2D eigenvalue weighted by atomic mass is 32.2. The smallest absolute Gasteiger partial charge is 0.406 e. The lowest BCUT2D eigenvalue weighted by atomic mass is 9.74. The number of hydrogen-bond acceptors (Lipinski definition) is 18. The molecule has 1 aliphatic carbocycles. The Bertz CT molecular complexity index is 5200. The van der Waals surface area contributed by atoms with Gasteiger partial charge >= 0.3 is 6.18 Å². The average molecular weight is 2100 g/mol. The Morgan fingerprint density at radius 3 is 1.35 bits per heavy atom. The van der Waals surface area contributed by atoms with Crippen LogP contribution in [0.25, 0.3) is 0 Å². The van der Waals surface area contributed by atoms with Crippen LogP contribution >= 0.6 is 11.8 Å². The summed E-state index contributed by atoms with van der Waals surface area (Å²) in [7, 11) is -0.111. The molecule has 8 saturated heterocycles. The van der Waals surface area contributed by atoms with Crippen LogP contribution in [0.5, 0.6) is 5.75 Å². The number of ketones is 1. The highest BCUT2D eigenvalue weighted by molar-refractivity contribution is 8.04. The Morgan fingerprint density at radius 2 is 0.980 bits per heavy atom. The molecule has 147 heavy (non-hydrogen) atoms. The second-order valence-corrected chi connectivity index (χ2v) is 59.4. The number of Topliss-reactive ketones (excluding diaryl/α,β-unsaturated/α-hetero) is 1. The third-order valence-electron chi connectivity index (χ3n) is 25.7. The Labute approximate surface area is 888 Å². The van der Waals surface area contributed by atoms with Crippen molar-refractivity contribution in [3.05, 3.63) is 140 Å². The van der Waals surface area contributed by atoms with E-state index in [2.05, 4.69) is 272 Å². The van der Waals surface area contributed by atoms with Crippen LogP contribution in [-0.2, 0) is 63.5 Å². The van der Waals surface area contributed by atoms with Crippen molar-refractivity contribution in [1.29, 1.82) is 0 Å². The Morgan fingerprint density at radius 1 is 0.517 bits per heavy atom. The number of carbonyl (C=O) groups excluding carboxylic acids is 9. The Balaban J connectivity index is 0.000000548. The molecule has 3 aromatic rings. The molecular formula is C117H195F3N12O13S2. The summed E-state index contributed by atoms with van der Waals surface area (Å²) >= 11 is 1.55. The van der Waals surface area contributed by atoms with Crippen LogP contribution in [0.1, 0.15) is 387 Å². The second kappa shape index (κ2) is 52.5. The van der Waals surface area contributed by atoms with E-state index in [-0.39, 0.29) is 125 Å². The van der Waals surface area contributed by atoms with Gasteiger partial charge in [0, 0.05) is 132 Å². The number of alkyl halides is 3. The zero-order valence-electron chi connectivity index (χ0n) is 98.3. The molecule has 1 saturated carbocycles. The number of benzene rings is 1. The SMILES string of the molecule is C=C1CC(C)(CC(C)(C)C)C(=O)N1.C=C1CC(CC(C)(C)C)C(=O)N1.C=C1CC(CC(C)(C)C)C(=O)N1c1ccccc1.C=C1CN(C(C)(C)C)CCN1.C=C1NC(=O)C(CC(C)(C)C)S1.C=S1(=O)CCC(C(C)(C)C)C1.CC(C)(C)CC1(C)CC(=O)N(CC(F)(F)F)C1=O.CC(C)(C)CC1CCCCC1=O.CN1C(=O)CC(C)(CC(C)(C)C)C1=O.Cc1nc(C(C)(C)C)c(C)c(=O)[nH]1.Cc1nc(C(C)(C)C)c(O)c(=O)[nH]1. The van der Waals surface area contributed by atoms with E-state index in [1.165, 1.54) is 11.3 Å². The van der Waals surface area contributed by atoms with Gasteiger partial charge in [-0.3, -0.25) is 76.5 Å². The summed E-state index contributed by atoms with van der Waals surface area (Å²) in [5, 5.41) is 21.8. The number of H-pyrrole nitrogens is 2. The lowest BCUT2D eigenvalue weighted by Gasteiger charge is -2.39. The van der Waals surface area contributed by atoms with Crippen LogP contribution in [0.4, 0.5) is 18.9 Å². The van der Waals surface area contributed by atoms with Gasteiger partial charge < -0.3 is 36.3 Å². The van der Waals surface area contributed by atoms with E-state index >= 15 is 0 Å². The maximum absolute atomic E-state index is 12.5. The molecule has 0 bridgehead atoms. The summed E-state index contributed by atoms with van der Waals surface area (Å²) < 4.78 is 48.4. The van der Waals surface area contributed by atoms with Gasteiger partial charge in [0.05, 0.1) is 37.9 Å². The minimum Gasteiger partial charge on any atom is -0.502 e. The number of aromatic amines is 2. The number of piperazine rings is 1. The number of rotatable bonds is 9. The van der Waals surface area contributed by atoms with Crippen LogP contribution in [0.15, 0.2) is 101 Å². The highest BCUT2D eigenvalue weighted by Crippen LogP contribution is 2.47. The molecule has 2 aromatic heterocycles. The summed E-state index contributed by atoms with van der Waals surface area (Å²) in [5.74, 6) is 7.16. The average Bonchev–Trinajstić information content (AvgIpc) is 1.63. The fourth-order valence-corrected chi connectivity index (χ4v) is 23.4. The number of aromatic nitrogens is 4. The van der Waals surface area contributed by atoms with E-state index in [0.717, 1.165) is 159 Å². The van der Waals surface area contributed by atoms with Crippen molar-refractivity contribution >= 4 is 85.9 Å². The van der Waals surface area contributed by atoms with Crippen molar-refractivity contribution in [2.24, 2.45) is 83.2 Å². The fourth-order valence-electron chi connectivity index (χ4n) is 19.9. The molecule has 9 fully saturated rings. The first kappa shape index (κ1) is 134. The van der Waals surface area contributed by atoms with E-state index in [1.54, 1.807) is 44.5 Å². The quantitative estimate of drug-likeness (QED) is 0.0773. The molecule has 0 spiro atoms. The van der Waals surface area contributed by atoms with Gasteiger partial charge in [0.25, 0.3) is 11.1 Å². The monoisotopic (exact) mass is 2100 g/mol. The first-order valence-electron chi connectivity index (χ1n) is 52.2. The molecule has 1 aromatic carbocycles. The molecule has 8 amide bonds. The molecule has 25 nitrogen and oxygen atoms in total. The van der Waals surface area contributed by atoms with Crippen molar-refractivity contribution in [3.8, 4) is 5.75 Å². The number of aromatic hydroxyl groups is 1. The number of aryl methyl sites for hydroxylation is 2. The third-order valence-corrected chi connectivity index (χ3v) is 28.7. The van der Waals surface area contributed by atoms with E-state index in [0.29, 0.717) is 63.5 Å². The first-order chi connectivity index (χ1) is 65.8. The maximum atomic E-state index is 12.5. The van der Waals surface area contributed by atoms with Gasteiger partial charge in [0.15, 0.2) is 0 Å². The highest BCUT2D eigenvalue weighted by Gasteiger charge is 2.53. The van der Waals surface area contributed by atoms with Crippen LogP contribution < -0.4 is 37.3 Å². The summed E-state index contributed by atoms with van der Waals surface area (Å²) in [6.45, 7) is 101. The maximum Gasteiger partial charge on any atom is 0.406 e. The number of likely N-dealkylation sites (tertiary alicyclic amines) is 2. The zero-order valence-corrected chi connectivity index (χ0v) is 99.9. The standard InChI is InChI=1S/C16H21NO.C12H18F3NO2.C11H19NO2.C11H19NO.C11H20O.C10H16N2O.C10H17NO.C9H14N2O2.C9H18N2.C9H15NOS.C9H18OS/c1-12-10-13(11-16(2,3)4)15(18)17(12)14-8-6-5-7-9-14;1-10(2,3)6-11(4)5-8(17)16(9(11)18)7-12(13,14)15;1-10(2,3)7-11(4)6-8(13)12(5)9(11)14;1-8-6-11(5,9(13)12-8)7-10(2,3)4;1-11(2,3)8-9-6-4-5-7-10(9)12;1-6-8(10(3,4)5)11-7(2)12-9(6)13;1-7-5-8(9(12)11-7)6-10(2,3)4;1-5-10-7(9(2,3)4)6(12)8(13)11-5;1-8-7-11(6-5-10-8)9(2,3)4;1-6-10-8(11)7(12-6)5-9(2,3)4;1-9(2,3)8-5-6-11(4,10)7-8/h5-9,13H,1,10-11H2,2-4H3;5-7H2,1-4H3;6-7H2,1-5H3;1,6-7H2,2-5H3,(H,12,13);9H,4-8H2,1-3H3;1-5H3,(H,11,12,13);8H,1,5-6H2,2-4H3,(H,11,12);12H,1-4H3,(H,10,11,13);10H,1,5-7H2,2-4H3;7H,1,5H2,2-4H3,(H,10,11);8H,4-7H2,1-3H3. The molecule has 7 N–H and O–H groups in total. The van der Waals surface area contributed by atoms with Crippen molar-refractivity contribution in [1.82, 2.24) is 55.9 Å². The van der Waals surface area contributed by atoms with Gasteiger partial charge in [-0.2, -0.15) is 13.2 Å². The number of nitrogens with one attached hydrogen (secondary N) is 6. The number of nitrogens with zero attached hydrogens (tertiary/aromatic N) is 6. The lowest BCUT2D eigenvalue weighted by Crippen LogP contribution is -2.50. The molecule has 834 valence electrons. The van der Waals surface area contributed by atoms with Crippen LogP contribution in [-0.4, -0.2) is 165 Å². The van der Waals surface area contributed by atoms with E-state index in [9.17, 15) is 75.2 Å². The number of imide groups is 2. The van der Waals surface area contributed by atoms with Gasteiger partial charge in [-0.15, -0.1) is 0 Å². The number of anilines is 1. The second-order valence-electron chi connectivity index (χ2n) is 55.4. The van der Waals surface area contributed by atoms with Gasteiger partial charge in [0.1, 0.15) is 24.0 Å². The van der Waals surface area contributed by atoms with Crippen molar-refractivity contribution in [2.75, 3.05) is 49.6 Å². The first-order valence-corrected chi connectivity index (χ1v) is 55.1. The number of thioether (sulfide) groups is 1. The van der Waals surface area contributed by atoms with Crippen LogP contribution in [0.2, 0.25) is 0 Å². The number of halogens is 3. The van der Waals surface area contributed by atoms with Gasteiger partial charge in [0.2, 0.25) is 53.0 Å².